The maximum absolute atomic E-state index is 12.9. The normalized spacial score (nSPS) is 25.4. The number of carbonyl (C=O) groups is 1. The van der Waals surface area contributed by atoms with Gasteiger partial charge in [-0.1, -0.05) is 19.0 Å². The van der Waals surface area contributed by atoms with Gasteiger partial charge in [-0.05, 0) is 19.8 Å². The second-order valence-electron chi connectivity index (χ2n) is 8.08. The number of rotatable bonds is 6. The number of nitrogens with one attached hydrogen (secondary N) is 1. The lowest BCUT2D eigenvalue weighted by Crippen LogP contribution is -2.57. The van der Waals surface area contributed by atoms with E-state index in [0.29, 0.717) is 45.2 Å². The second-order valence-corrected chi connectivity index (χ2v) is 10.0. The standard InChI is InChI=1S/C18H31N5O5S/c1-13(2)16-9-18(28-20-16)19-17(24)12-21-5-7-22(8-6-21)29(25,26)23-10-14(3)27-15(4)11-23/h9,13-15H,5-8,10-12H2,1-4H3,(H,19,24)/t14-,15-/m0/s1. The van der Waals surface area contributed by atoms with Gasteiger partial charge in [-0.2, -0.15) is 17.0 Å². The first-order valence-electron chi connectivity index (χ1n) is 10.0. The molecule has 0 saturated carbocycles. The van der Waals surface area contributed by atoms with Crippen LogP contribution in [0.2, 0.25) is 0 Å². The Bertz CT molecular complexity index is 793. The lowest BCUT2D eigenvalue weighted by Gasteiger charge is -2.40. The van der Waals surface area contributed by atoms with Crippen LogP contribution in [0.3, 0.4) is 0 Å². The first-order valence-corrected chi connectivity index (χ1v) is 11.4. The van der Waals surface area contributed by atoms with Crippen molar-refractivity contribution >= 4 is 22.0 Å². The number of hydrogen-bond donors (Lipinski definition) is 1. The number of hydrogen-bond acceptors (Lipinski definition) is 7. The summed E-state index contributed by atoms with van der Waals surface area (Å²) in [6.45, 7) is 10.4. The molecule has 164 valence electrons. The van der Waals surface area contributed by atoms with Crippen LogP contribution < -0.4 is 5.32 Å². The highest BCUT2D eigenvalue weighted by Crippen LogP contribution is 2.19. The smallest absolute Gasteiger partial charge is 0.282 e. The molecule has 0 spiro atoms. The van der Waals surface area contributed by atoms with E-state index in [1.54, 1.807) is 6.07 Å². The van der Waals surface area contributed by atoms with Gasteiger partial charge >= 0.3 is 0 Å². The quantitative estimate of drug-likeness (QED) is 0.709. The number of morpholine rings is 1. The molecule has 0 bridgehead atoms. The molecule has 29 heavy (non-hydrogen) atoms. The monoisotopic (exact) mass is 429 g/mol. The number of amides is 1. The van der Waals surface area contributed by atoms with Crippen molar-refractivity contribution in [2.75, 3.05) is 51.1 Å². The number of piperazine rings is 1. The van der Waals surface area contributed by atoms with Gasteiger partial charge in [-0.25, -0.2) is 0 Å². The summed E-state index contributed by atoms with van der Waals surface area (Å²) in [7, 11) is -3.52. The average molecular weight is 430 g/mol. The number of aromatic nitrogens is 1. The topological polar surface area (TPSA) is 108 Å². The van der Waals surface area contributed by atoms with E-state index in [0.717, 1.165) is 5.69 Å². The average Bonchev–Trinajstić information content (AvgIpc) is 3.10. The minimum Gasteiger partial charge on any atom is -0.373 e. The number of nitrogens with zero attached hydrogens (tertiary/aromatic N) is 4. The SMILES string of the molecule is CC(C)c1cc(NC(=O)CN2CCN(S(=O)(=O)N3C[C@H](C)O[C@@H](C)C3)CC2)on1. The summed E-state index contributed by atoms with van der Waals surface area (Å²) in [6, 6.07) is 1.72. The molecule has 0 aromatic carbocycles. The van der Waals surface area contributed by atoms with Gasteiger partial charge in [0.15, 0.2) is 0 Å². The van der Waals surface area contributed by atoms with Gasteiger partial charge in [0.1, 0.15) is 0 Å². The minimum absolute atomic E-state index is 0.120. The minimum atomic E-state index is -3.52. The first kappa shape index (κ1) is 22.2. The number of anilines is 1. The van der Waals surface area contributed by atoms with Crippen molar-refractivity contribution in [2.24, 2.45) is 0 Å². The van der Waals surface area contributed by atoms with Crippen molar-refractivity contribution in [3.05, 3.63) is 11.8 Å². The third kappa shape index (κ3) is 5.54. The Kier molecular flexibility index (Phi) is 6.94. The van der Waals surface area contributed by atoms with Crippen molar-refractivity contribution in [1.82, 2.24) is 18.7 Å². The summed E-state index contributed by atoms with van der Waals surface area (Å²) in [5.41, 5.74) is 0.783. The van der Waals surface area contributed by atoms with Crippen molar-refractivity contribution in [3.63, 3.8) is 0 Å². The van der Waals surface area contributed by atoms with Crippen LogP contribution in [-0.4, -0.2) is 91.0 Å². The van der Waals surface area contributed by atoms with E-state index in [2.05, 4.69) is 10.5 Å². The lowest BCUT2D eigenvalue weighted by atomic mass is 10.1. The zero-order chi connectivity index (χ0) is 21.2. The molecule has 2 saturated heterocycles. The maximum atomic E-state index is 12.9. The summed E-state index contributed by atoms with van der Waals surface area (Å²) in [6.07, 6.45) is -0.239. The van der Waals surface area contributed by atoms with Crippen molar-refractivity contribution < 1.29 is 22.5 Å². The molecule has 0 aliphatic carbocycles. The van der Waals surface area contributed by atoms with Crippen LogP contribution in [0, 0.1) is 0 Å². The molecule has 10 nitrogen and oxygen atoms in total. The fourth-order valence-electron chi connectivity index (χ4n) is 3.60. The third-order valence-electron chi connectivity index (χ3n) is 5.12. The Labute approximate surface area is 172 Å². The van der Waals surface area contributed by atoms with Gasteiger partial charge in [-0.3, -0.25) is 15.0 Å². The van der Waals surface area contributed by atoms with Gasteiger partial charge in [0.25, 0.3) is 10.2 Å². The molecule has 0 unspecified atom stereocenters. The number of carbonyl (C=O) groups excluding carboxylic acids is 1. The molecule has 2 aliphatic rings. The van der Waals surface area contributed by atoms with Crippen LogP contribution in [0.4, 0.5) is 5.88 Å². The van der Waals surface area contributed by atoms with Crippen LogP contribution in [0.15, 0.2) is 10.6 Å². The molecule has 11 heteroatoms. The van der Waals surface area contributed by atoms with E-state index >= 15 is 0 Å². The summed E-state index contributed by atoms with van der Waals surface area (Å²) >= 11 is 0. The molecule has 1 N–H and O–H groups in total. The molecular weight excluding hydrogens is 398 g/mol. The Balaban J connectivity index is 1.48. The highest BCUT2D eigenvalue weighted by atomic mass is 32.2. The van der Waals surface area contributed by atoms with Crippen molar-refractivity contribution in [3.8, 4) is 0 Å². The molecule has 2 atom stereocenters. The molecule has 1 aromatic heterocycles. The van der Waals surface area contributed by atoms with Crippen LogP contribution in [-0.2, 0) is 19.7 Å². The fraction of sp³-hybridized carbons (Fsp3) is 0.778. The largest absolute Gasteiger partial charge is 0.373 e. The summed E-state index contributed by atoms with van der Waals surface area (Å²) in [4.78, 5) is 14.2. The Hall–Kier alpha value is -1.53. The van der Waals surface area contributed by atoms with Crippen LogP contribution >= 0.6 is 0 Å². The van der Waals surface area contributed by atoms with Gasteiger partial charge in [-0.15, -0.1) is 0 Å². The van der Waals surface area contributed by atoms with Crippen molar-refractivity contribution in [2.45, 2.75) is 45.8 Å². The van der Waals surface area contributed by atoms with Crippen LogP contribution in [0.1, 0.15) is 39.3 Å². The van der Waals surface area contributed by atoms with Gasteiger partial charge in [0, 0.05) is 45.3 Å². The molecule has 3 rings (SSSR count). The van der Waals surface area contributed by atoms with Gasteiger partial charge in [0.2, 0.25) is 11.8 Å². The Morgan fingerprint density at radius 1 is 1.17 bits per heavy atom. The van der Waals surface area contributed by atoms with E-state index in [1.807, 2.05) is 32.6 Å². The highest BCUT2D eigenvalue weighted by Gasteiger charge is 2.36. The molecular formula is C18H31N5O5S. The fourth-order valence-corrected chi connectivity index (χ4v) is 5.35. The van der Waals surface area contributed by atoms with Gasteiger partial charge in [0.05, 0.1) is 24.4 Å². The predicted molar refractivity (Wildman–Crippen MR) is 108 cm³/mol. The third-order valence-corrected chi connectivity index (χ3v) is 7.09. The van der Waals surface area contributed by atoms with E-state index in [-0.39, 0.29) is 30.6 Å². The van der Waals surface area contributed by atoms with Gasteiger partial charge < -0.3 is 9.26 Å². The molecule has 2 aliphatic heterocycles. The van der Waals surface area contributed by atoms with E-state index in [4.69, 9.17) is 9.26 Å². The molecule has 0 radical (unpaired) electrons. The van der Waals surface area contributed by atoms with Crippen molar-refractivity contribution in [1.29, 1.82) is 0 Å². The summed E-state index contributed by atoms with van der Waals surface area (Å²) in [5, 5.41) is 6.62. The summed E-state index contributed by atoms with van der Waals surface area (Å²) in [5.74, 6) is 0.343. The molecule has 3 heterocycles. The van der Waals surface area contributed by atoms with E-state index in [1.165, 1.54) is 8.61 Å². The Morgan fingerprint density at radius 3 is 2.34 bits per heavy atom. The summed E-state index contributed by atoms with van der Waals surface area (Å²) < 4.78 is 39.6. The second kappa shape index (κ2) is 9.09. The molecule has 2 fully saturated rings. The predicted octanol–water partition coefficient (Wildman–Crippen LogP) is 0.708. The first-order chi connectivity index (χ1) is 13.6. The van der Waals surface area contributed by atoms with Crippen LogP contribution in [0.25, 0.3) is 0 Å². The Morgan fingerprint density at radius 2 is 1.79 bits per heavy atom. The molecule has 1 aromatic rings. The zero-order valence-electron chi connectivity index (χ0n) is 17.5. The van der Waals surface area contributed by atoms with E-state index < -0.39 is 10.2 Å². The molecule has 1 amide bonds. The highest BCUT2D eigenvalue weighted by molar-refractivity contribution is 7.86. The number of ether oxygens (including phenoxy) is 1. The lowest BCUT2D eigenvalue weighted by molar-refractivity contribution is -0.117. The van der Waals surface area contributed by atoms with E-state index in [9.17, 15) is 13.2 Å². The zero-order valence-corrected chi connectivity index (χ0v) is 18.3. The maximum Gasteiger partial charge on any atom is 0.282 e. The van der Waals surface area contributed by atoms with Crippen LogP contribution in [0.5, 0.6) is 0 Å².